The number of carbonyl (C=O) groups is 2. The van der Waals surface area contributed by atoms with Gasteiger partial charge in [-0.25, -0.2) is 9.07 Å². The Morgan fingerprint density at radius 3 is 2.77 bits per heavy atom. The molecule has 3 atom stereocenters. The molecule has 0 unspecified atom stereocenters. The second kappa shape index (κ2) is 9.37. The van der Waals surface area contributed by atoms with Crippen LogP contribution in [-0.4, -0.2) is 61.7 Å². The molecular weight excluding hydrogens is 425 g/mol. The van der Waals surface area contributed by atoms with Crippen LogP contribution in [0.15, 0.2) is 24.5 Å². The van der Waals surface area contributed by atoms with Gasteiger partial charge in [0.25, 0.3) is 0 Å². The number of carbonyl (C=O) groups excluding carboxylic acids is 2. The quantitative estimate of drug-likeness (QED) is 0.685. The average molecular weight is 452 g/mol. The molecule has 1 aromatic heterocycles. The van der Waals surface area contributed by atoms with Crippen molar-refractivity contribution in [1.29, 1.82) is 0 Å². The van der Waals surface area contributed by atoms with Crippen molar-refractivity contribution < 1.29 is 14.0 Å². The Labute approximate surface area is 185 Å². The molecule has 0 spiro atoms. The zero-order valence-corrected chi connectivity index (χ0v) is 18.5. The Hall–Kier alpha value is -2.43. The minimum atomic E-state index is -1.19. The molecular formula is C20H27ClFN7O2. The first-order valence-corrected chi connectivity index (χ1v) is 10.4. The number of hydrogen-bond donors (Lipinski definition) is 2. The van der Waals surface area contributed by atoms with Crippen LogP contribution in [0.2, 0.25) is 5.02 Å². The van der Waals surface area contributed by atoms with E-state index in [-0.39, 0.29) is 24.9 Å². The van der Waals surface area contributed by atoms with Gasteiger partial charge in [-0.2, -0.15) is 0 Å². The molecule has 0 bridgehead atoms. The first-order chi connectivity index (χ1) is 14.5. The number of benzene rings is 1. The molecule has 3 rings (SSSR count). The van der Waals surface area contributed by atoms with Crippen LogP contribution >= 0.6 is 11.6 Å². The zero-order valence-electron chi connectivity index (χ0n) is 17.8. The van der Waals surface area contributed by atoms with Gasteiger partial charge in [-0.1, -0.05) is 32.4 Å². The molecule has 2 amide bonds. The third-order valence-electron chi connectivity index (χ3n) is 5.08. The van der Waals surface area contributed by atoms with Crippen LogP contribution < -0.4 is 11.1 Å². The molecule has 0 saturated carbocycles. The monoisotopic (exact) mass is 451 g/mol. The number of alkyl halides is 1. The lowest BCUT2D eigenvalue weighted by Crippen LogP contribution is -2.50. The number of nitrogens with zero attached hydrogens (tertiary/aromatic N) is 5. The summed E-state index contributed by atoms with van der Waals surface area (Å²) in [6.45, 7) is 6.17. The average Bonchev–Trinajstić information content (AvgIpc) is 3.30. The molecule has 1 fully saturated rings. The fourth-order valence-corrected chi connectivity index (χ4v) is 3.93. The van der Waals surface area contributed by atoms with Crippen molar-refractivity contribution in [3.05, 3.63) is 35.1 Å². The highest BCUT2D eigenvalue weighted by atomic mass is 35.5. The van der Waals surface area contributed by atoms with Crippen LogP contribution in [0.3, 0.4) is 0 Å². The van der Waals surface area contributed by atoms with Gasteiger partial charge in [-0.3, -0.25) is 19.8 Å². The lowest BCUT2D eigenvalue weighted by Gasteiger charge is -2.26. The number of hydrogen-bond acceptors (Lipinski definition) is 7. The lowest BCUT2D eigenvalue weighted by atomic mass is 9.88. The van der Waals surface area contributed by atoms with E-state index >= 15 is 0 Å². The predicted molar refractivity (Wildman–Crippen MR) is 113 cm³/mol. The molecule has 11 heteroatoms. The normalized spacial score (nSPS) is 20.6. The highest BCUT2D eigenvalue weighted by Gasteiger charge is 2.38. The summed E-state index contributed by atoms with van der Waals surface area (Å²) in [5.74, 6) is -1.11. The van der Waals surface area contributed by atoms with Crippen molar-refractivity contribution in [3.63, 3.8) is 0 Å². The van der Waals surface area contributed by atoms with Gasteiger partial charge in [-0.15, -0.1) is 5.10 Å². The highest BCUT2D eigenvalue weighted by Crippen LogP contribution is 2.27. The number of likely N-dealkylation sites (tertiary alicyclic amines) is 1. The maximum Gasteiger partial charge on any atom is 0.244 e. The van der Waals surface area contributed by atoms with Gasteiger partial charge in [-0.05, 0) is 46.0 Å². The molecule has 2 heterocycles. The molecule has 0 aliphatic carbocycles. The van der Waals surface area contributed by atoms with Gasteiger partial charge in [0.2, 0.25) is 11.8 Å². The number of nitrogens with two attached hydrogens (primary N) is 1. The van der Waals surface area contributed by atoms with Gasteiger partial charge >= 0.3 is 0 Å². The molecule has 0 radical (unpaired) electrons. The predicted octanol–water partition coefficient (Wildman–Crippen LogP) is 1.63. The van der Waals surface area contributed by atoms with Crippen molar-refractivity contribution in [2.24, 2.45) is 11.1 Å². The number of tetrazole rings is 1. The minimum Gasteiger partial charge on any atom is -0.320 e. The Kier molecular flexibility index (Phi) is 7.03. The second-order valence-electron chi connectivity index (χ2n) is 9.03. The number of aromatic nitrogens is 4. The van der Waals surface area contributed by atoms with Crippen LogP contribution in [0, 0.1) is 5.41 Å². The van der Waals surface area contributed by atoms with Crippen LogP contribution in [-0.2, 0) is 16.1 Å². The van der Waals surface area contributed by atoms with Gasteiger partial charge in [0, 0.05) is 24.5 Å². The molecule has 1 aromatic carbocycles. The van der Waals surface area contributed by atoms with Crippen molar-refractivity contribution >= 4 is 23.4 Å². The van der Waals surface area contributed by atoms with E-state index in [0.29, 0.717) is 17.1 Å². The van der Waals surface area contributed by atoms with E-state index in [0.717, 1.165) is 5.56 Å². The van der Waals surface area contributed by atoms with E-state index in [1.807, 2.05) is 20.8 Å². The number of amides is 2. The smallest absolute Gasteiger partial charge is 0.244 e. The van der Waals surface area contributed by atoms with Crippen LogP contribution in [0.4, 0.5) is 4.39 Å². The van der Waals surface area contributed by atoms with Crippen molar-refractivity contribution in [3.8, 4) is 5.69 Å². The summed E-state index contributed by atoms with van der Waals surface area (Å²) in [4.78, 5) is 26.9. The summed E-state index contributed by atoms with van der Waals surface area (Å²) >= 11 is 6.16. The van der Waals surface area contributed by atoms with Crippen molar-refractivity contribution in [1.82, 2.24) is 30.4 Å². The van der Waals surface area contributed by atoms with Crippen LogP contribution in [0.5, 0.6) is 0 Å². The molecule has 1 aliphatic heterocycles. The summed E-state index contributed by atoms with van der Waals surface area (Å²) in [5.41, 5.74) is 7.16. The SMILES string of the molecule is CC(C)(C)C[C@@H](N)C(=O)NC(=O)[C@@H]1C[C@H](F)CN1Cc1cc(Cl)ccc1-n1cnnn1. The Balaban J connectivity index is 1.74. The Morgan fingerprint density at radius 2 is 2.13 bits per heavy atom. The Morgan fingerprint density at radius 1 is 1.39 bits per heavy atom. The zero-order chi connectivity index (χ0) is 22.8. The maximum atomic E-state index is 14.3. The van der Waals surface area contributed by atoms with Gasteiger partial charge in [0.05, 0.1) is 17.8 Å². The van der Waals surface area contributed by atoms with E-state index in [1.54, 1.807) is 23.1 Å². The molecule has 2 aromatic rings. The van der Waals surface area contributed by atoms with Crippen molar-refractivity contribution in [2.75, 3.05) is 6.54 Å². The number of imide groups is 1. The first-order valence-electron chi connectivity index (χ1n) is 10.0. The van der Waals surface area contributed by atoms with E-state index < -0.39 is 30.1 Å². The fourth-order valence-electron chi connectivity index (χ4n) is 3.74. The second-order valence-corrected chi connectivity index (χ2v) is 9.47. The van der Waals surface area contributed by atoms with E-state index in [2.05, 4.69) is 20.8 Å². The molecule has 3 N–H and O–H groups in total. The summed E-state index contributed by atoms with van der Waals surface area (Å²) in [6, 6.07) is 3.55. The molecule has 31 heavy (non-hydrogen) atoms. The maximum absolute atomic E-state index is 14.3. The first kappa shape index (κ1) is 23.2. The van der Waals surface area contributed by atoms with Crippen LogP contribution in [0.1, 0.15) is 39.2 Å². The standard InChI is InChI=1S/C20H27ClFN7O2/c1-20(2,3)8-15(23)18(30)25-19(31)17-7-14(22)10-28(17)9-12-6-13(21)4-5-16(12)29-11-24-26-27-29/h4-6,11,14-15,17H,7-10,23H2,1-3H3,(H,25,30,31)/t14-,15+,17-/m0/s1. The number of nitrogens with one attached hydrogen (secondary N) is 1. The Bertz CT molecular complexity index is 932. The highest BCUT2D eigenvalue weighted by molar-refractivity contribution is 6.30. The molecule has 1 saturated heterocycles. The number of halogens is 2. The van der Waals surface area contributed by atoms with Gasteiger partial charge in [0.1, 0.15) is 12.5 Å². The summed E-state index contributed by atoms with van der Waals surface area (Å²) < 4.78 is 15.7. The van der Waals surface area contributed by atoms with Gasteiger partial charge < -0.3 is 5.73 Å². The summed E-state index contributed by atoms with van der Waals surface area (Å²) in [7, 11) is 0. The third kappa shape index (κ3) is 6.05. The summed E-state index contributed by atoms with van der Waals surface area (Å²) in [6.07, 6.45) is 0.664. The van der Waals surface area contributed by atoms with E-state index in [1.165, 1.54) is 11.0 Å². The topological polar surface area (TPSA) is 119 Å². The minimum absolute atomic E-state index is 0.00555. The van der Waals surface area contributed by atoms with Crippen LogP contribution in [0.25, 0.3) is 5.69 Å². The van der Waals surface area contributed by atoms with E-state index in [9.17, 15) is 14.0 Å². The van der Waals surface area contributed by atoms with Gasteiger partial charge in [0.15, 0.2) is 0 Å². The summed E-state index contributed by atoms with van der Waals surface area (Å²) in [5, 5.41) is 14.0. The third-order valence-corrected chi connectivity index (χ3v) is 5.32. The van der Waals surface area contributed by atoms with Crippen molar-refractivity contribution in [2.45, 2.75) is 58.4 Å². The lowest BCUT2D eigenvalue weighted by molar-refractivity contribution is -0.134. The molecule has 168 valence electrons. The fraction of sp³-hybridized carbons (Fsp3) is 0.550. The largest absolute Gasteiger partial charge is 0.320 e. The molecule has 1 aliphatic rings. The van der Waals surface area contributed by atoms with E-state index in [4.69, 9.17) is 17.3 Å². The molecule has 9 nitrogen and oxygen atoms in total. The number of rotatable bonds is 6.